The zero-order valence-electron chi connectivity index (χ0n) is 11.4. The van der Waals surface area contributed by atoms with Gasteiger partial charge in [0, 0.05) is 23.8 Å². The average Bonchev–Trinajstić information content (AvgIpc) is 2.50. The summed E-state index contributed by atoms with van der Waals surface area (Å²) in [6.07, 6.45) is 8.73. The standard InChI is InChI=1S/C14H15BrClN5/c15-10-6-11(8-17-7-10)19-14-18-9-12(16)13(20-14)21-4-2-1-3-5-21/h6-9H,1-5H2,(H,18,19,20). The highest BCUT2D eigenvalue weighted by molar-refractivity contribution is 9.10. The molecule has 1 aliphatic heterocycles. The normalized spacial score (nSPS) is 15.0. The van der Waals surface area contributed by atoms with Gasteiger partial charge in [-0.2, -0.15) is 4.98 Å². The smallest absolute Gasteiger partial charge is 0.229 e. The molecule has 0 aromatic carbocycles. The van der Waals surface area contributed by atoms with Gasteiger partial charge in [0.15, 0.2) is 5.82 Å². The topological polar surface area (TPSA) is 53.9 Å². The van der Waals surface area contributed by atoms with Crippen molar-refractivity contribution in [3.8, 4) is 0 Å². The molecule has 7 heteroatoms. The Morgan fingerprint density at radius 2 is 1.95 bits per heavy atom. The number of halogens is 2. The van der Waals surface area contributed by atoms with Gasteiger partial charge in [0.1, 0.15) is 5.02 Å². The predicted molar refractivity (Wildman–Crippen MR) is 88.3 cm³/mol. The number of rotatable bonds is 3. The molecule has 2 aromatic rings. The van der Waals surface area contributed by atoms with Crippen LogP contribution in [0.1, 0.15) is 19.3 Å². The van der Waals surface area contributed by atoms with Crippen LogP contribution >= 0.6 is 27.5 Å². The van der Waals surface area contributed by atoms with Gasteiger partial charge in [-0.3, -0.25) is 4.98 Å². The molecule has 0 aliphatic carbocycles. The maximum Gasteiger partial charge on any atom is 0.229 e. The Kier molecular flexibility index (Phi) is 4.55. The highest BCUT2D eigenvalue weighted by atomic mass is 79.9. The molecule has 0 bridgehead atoms. The van der Waals surface area contributed by atoms with Crippen molar-refractivity contribution in [1.82, 2.24) is 15.0 Å². The zero-order valence-corrected chi connectivity index (χ0v) is 13.7. The van der Waals surface area contributed by atoms with E-state index in [1.807, 2.05) is 6.07 Å². The van der Waals surface area contributed by atoms with E-state index in [1.54, 1.807) is 18.6 Å². The molecule has 3 rings (SSSR count). The number of pyridine rings is 1. The third-order valence-electron chi connectivity index (χ3n) is 3.34. The van der Waals surface area contributed by atoms with Crippen LogP contribution in [-0.2, 0) is 0 Å². The fourth-order valence-corrected chi connectivity index (χ4v) is 2.93. The fourth-order valence-electron chi connectivity index (χ4n) is 2.36. The number of piperidine rings is 1. The van der Waals surface area contributed by atoms with E-state index < -0.39 is 0 Å². The predicted octanol–water partition coefficient (Wildman–Crippen LogP) is 4.02. The molecule has 3 heterocycles. The third kappa shape index (κ3) is 3.63. The molecule has 5 nitrogen and oxygen atoms in total. The van der Waals surface area contributed by atoms with Gasteiger partial charge in [-0.05, 0) is 41.3 Å². The van der Waals surface area contributed by atoms with E-state index in [0.717, 1.165) is 29.1 Å². The van der Waals surface area contributed by atoms with E-state index in [-0.39, 0.29) is 0 Å². The highest BCUT2D eigenvalue weighted by Gasteiger charge is 2.16. The summed E-state index contributed by atoms with van der Waals surface area (Å²) in [5.41, 5.74) is 0.830. The maximum absolute atomic E-state index is 6.24. The second-order valence-corrected chi connectivity index (χ2v) is 6.25. The van der Waals surface area contributed by atoms with E-state index in [9.17, 15) is 0 Å². The van der Waals surface area contributed by atoms with Gasteiger partial charge >= 0.3 is 0 Å². The van der Waals surface area contributed by atoms with Crippen molar-refractivity contribution in [1.29, 1.82) is 0 Å². The molecular weight excluding hydrogens is 354 g/mol. The minimum atomic E-state index is 0.528. The van der Waals surface area contributed by atoms with Crippen molar-refractivity contribution in [3.63, 3.8) is 0 Å². The van der Waals surface area contributed by atoms with Crippen LogP contribution in [0.4, 0.5) is 17.5 Å². The Morgan fingerprint density at radius 1 is 1.14 bits per heavy atom. The minimum Gasteiger partial charge on any atom is -0.355 e. The Balaban J connectivity index is 1.83. The quantitative estimate of drug-likeness (QED) is 0.886. The van der Waals surface area contributed by atoms with Crippen molar-refractivity contribution in [2.75, 3.05) is 23.3 Å². The molecule has 1 fully saturated rings. The molecule has 0 saturated carbocycles. The Labute approximate surface area is 136 Å². The first-order valence-corrected chi connectivity index (χ1v) is 8.04. The van der Waals surface area contributed by atoms with Crippen LogP contribution in [-0.4, -0.2) is 28.0 Å². The molecule has 1 saturated heterocycles. The first kappa shape index (κ1) is 14.5. The van der Waals surface area contributed by atoms with Gasteiger partial charge in [0.25, 0.3) is 0 Å². The summed E-state index contributed by atoms with van der Waals surface area (Å²) >= 11 is 9.63. The summed E-state index contributed by atoms with van der Waals surface area (Å²) in [5, 5.41) is 3.74. The Bertz CT molecular complexity index is 631. The third-order valence-corrected chi connectivity index (χ3v) is 4.04. The second kappa shape index (κ2) is 6.58. The Morgan fingerprint density at radius 3 is 2.71 bits per heavy atom. The molecule has 1 N–H and O–H groups in total. The van der Waals surface area contributed by atoms with Crippen LogP contribution in [0.25, 0.3) is 0 Å². The lowest BCUT2D eigenvalue weighted by molar-refractivity contribution is 0.573. The number of anilines is 3. The van der Waals surface area contributed by atoms with Crippen LogP contribution < -0.4 is 10.2 Å². The molecule has 0 radical (unpaired) electrons. The molecule has 0 amide bonds. The van der Waals surface area contributed by atoms with Gasteiger partial charge in [0.2, 0.25) is 5.95 Å². The highest BCUT2D eigenvalue weighted by Crippen LogP contribution is 2.27. The number of hydrogen-bond donors (Lipinski definition) is 1. The van der Waals surface area contributed by atoms with Gasteiger partial charge in [-0.15, -0.1) is 0 Å². The van der Waals surface area contributed by atoms with Crippen LogP contribution in [0.5, 0.6) is 0 Å². The van der Waals surface area contributed by atoms with Gasteiger partial charge < -0.3 is 10.2 Å². The summed E-state index contributed by atoms with van der Waals surface area (Å²) in [6.45, 7) is 1.99. The zero-order chi connectivity index (χ0) is 14.7. The molecule has 0 unspecified atom stereocenters. The molecule has 0 atom stereocenters. The summed E-state index contributed by atoms with van der Waals surface area (Å²) < 4.78 is 0.901. The molecular formula is C14H15BrClN5. The molecule has 1 aliphatic rings. The van der Waals surface area contributed by atoms with Crippen LogP contribution in [0.2, 0.25) is 5.02 Å². The first-order chi connectivity index (χ1) is 10.2. The molecule has 2 aromatic heterocycles. The van der Waals surface area contributed by atoms with E-state index in [4.69, 9.17) is 11.6 Å². The van der Waals surface area contributed by atoms with Gasteiger partial charge in [-0.1, -0.05) is 11.6 Å². The Hall–Kier alpha value is -1.40. The SMILES string of the molecule is Clc1cnc(Nc2cncc(Br)c2)nc1N1CCCCC1. The first-order valence-electron chi connectivity index (χ1n) is 6.87. The fraction of sp³-hybridized carbons (Fsp3) is 0.357. The minimum absolute atomic E-state index is 0.528. The van der Waals surface area contributed by atoms with Crippen LogP contribution in [0.3, 0.4) is 0 Å². The summed E-state index contributed by atoms with van der Waals surface area (Å²) in [5.74, 6) is 1.33. The maximum atomic E-state index is 6.24. The summed E-state index contributed by atoms with van der Waals surface area (Å²) in [4.78, 5) is 15.1. The largest absolute Gasteiger partial charge is 0.355 e. The number of aromatic nitrogens is 3. The number of nitrogens with one attached hydrogen (secondary N) is 1. The van der Waals surface area contributed by atoms with Crippen molar-refractivity contribution >= 4 is 45.0 Å². The van der Waals surface area contributed by atoms with E-state index in [1.165, 1.54) is 19.3 Å². The van der Waals surface area contributed by atoms with E-state index in [2.05, 4.69) is 41.1 Å². The number of nitrogens with zero attached hydrogens (tertiary/aromatic N) is 4. The summed E-state index contributed by atoms with van der Waals surface area (Å²) in [7, 11) is 0. The van der Waals surface area contributed by atoms with E-state index in [0.29, 0.717) is 11.0 Å². The van der Waals surface area contributed by atoms with Crippen molar-refractivity contribution in [2.24, 2.45) is 0 Å². The van der Waals surface area contributed by atoms with Crippen molar-refractivity contribution < 1.29 is 0 Å². The second-order valence-electron chi connectivity index (χ2n) is 4.93. The molecule has 21 heavy (non-hydrogen) atoms. The van der Waals surface area contributed by atoms with Crippen LogP contribution in [0.15, 0.2) is 29.1 Å². The summed E-state index contributed by atoms with van der Waals surface area (Å²) in [6, 6.07) is 1.92. The van der Waals surface area contributed by atoms with Crippen molar-refractivity contribution in [2.45, 2.75) is 19.3 Å². The molecule has 0 spiro atoms. The lowest BCUT2D eigenvalue weighted by atomic mass is 10.1. The number of hydrogen-bond acceptors (Lipinski definition) is 5. The monoisotopic (exact) mass is 367 g/mol. The van der Waals surface area contributed by atoms with Crippen LogP contribution in [0, 0.1) is 0 Å². The molecule has 110 valence electrons. The lowest BCUT2D eigenvalue weighted by Crippen LogP contribution is -2.30. The lowest BCUT2D eigenvalue weighted by Gasteiger charge is -2.28. The van der Waals surface area contributed by atoms with Gasteiger partial charge in [0.05, 0.1) is 18.1 Å². The van der Waals surface area contributed by atoms with Crippen molar-refractivity contribution in [3.05, 3.63) is 34.2 Å². The van der Waals surface area contributed by atoms with Gasteiger partial charge in [-0.25, -0.2) is 4.98 Å². The van der Waals surface area contributed by atoms with E-state index >= 15 is 0 Å². The average molecular weight is 369 g/mol.